The molecule has 0 bridgehead atoms. The van der Waals surface area contributed by atoms with Crippen LogP contribution in [0.2, 0.25) is 0 Å². The zero-order valence-corrected chi connectivity index (χ0v) is 9.72. The maximum Gasteiger partial charge on any atom is 0.223 e. The Kier molecular flexibility index (Phi) is 3.77. The lowest BCUT2D eigenvalue weighted by atomic mass is 10.4. The summed E-state index contributed by atoms with van der Waals surface area (Å²) in [6, 6.07) is 1.89. The third-order valence-electron chi connectivity index (χ3n) is 2.49. The average Bonchev–Trinajstić information content (AvgIpc) is 2.37. The number of nitrogens with one attached hydrogen (secondary N) is 1. The number of ether oxygens (including phenoxy) is 1. The van der Waals surface area contributed by atoms with E-state index in [1.165, 1.54) is 0 Å². The van der Waals surface area contributed by atoms with Crippen molar-refractivity contribution in [3.8, 4) is 0 Å². The highest BCUT2D eigenvalue weighted by atomic mass is 16.5. The maximum atomic E-state index is 5.69. The zero-order valence-electron chi connectivity index (χ0n) is 9.72. The molecular formula is C11H17N5O. The summed E-state index contributed by atoms with van der Waals surface area (Å²) in [6.45, 7) is 7.40. The van der Waals surface area contributed by atoms with Gasteiger partial charge in [-0.05, 0) is 0 Å². The van der Waals surface area contributed by atoms with Crippen molar-refractivity contribution in [1.82, 2.24) is 9.97 Å². The summed E-state index contributed by atoms with van der Waals surface area (Å²) in [7, 11) is 0. The largest absolute Gasteiger partial charge is 0.378 e. The van der Waals surface area contributed by atoms with Gasteiger partial charge >= 0.3 is 0 Å². The third-order valence-corrected chi connectivity index (χ3v) is 2.49. The number of aromatic nitrogens is 2. The molecule has 1 aromatic heterocycles. The first-order valence-electron chi connectivity index (χ1n) is 5.61. The van der Waals surface area contributed by atoms with Crippen LogP contribution in [-0.2, 0) is 4.74 Å². The topological polar surface area (TPSA) is 76.3 Å². The van der Waals surface area contributed by atoms with Crippen molar-refractivity contribution in [3.05, 3.63) is 18.7 Å². The molecule has 3 N–H and O–H groups in total. The highest BCUT2D eigenvalue weighted by molar-refractivity contribution is 5.53. The quantitative estimate of drug-likeness (QED) is 0.740. The molecule has 0 unspecified atom stereocenters. The van der Waals surface area contributed by atoms with Gasteiger partial charge in [0.05, 0.1) is 13.2 Å². The van der Waals surface area contributed by atoms with Gasteiger partial charge in [-0.25, -0.2) is 0 Å². The van der Waals surface area contributed by atoms with E-state index in [4.69, 9.17) is 10.5 Å². The Morgan fingerprint density at radius 1 is 1.47 bits per heavy atom. The summed E-state index contributed by atoms with van der Waals surface area (Å²) < 4.78 is 5.30. The fraction of sp³-hybridized carbons (Fsp3) is 0.455. The third kappa shape index (κ3) is 3.07. The van der Waals surface area contributed by atoms with Crippen LogP contribution in [0.15, 0.2) is 18.7 Å². The minimum atomic E-state index is 0.278. The number of hydrogen-bond donors (Lipinski definition) is 2. The molecular weight excluding hydrogens is 218 g/mol. The summed E-state index contributed by atoms with van der Waals surface area (Å²) in [5.41, 5.74) is 5.69. The van der Waals surface area contributed by atoms with Crippen molar-refractivity contribution in [2.45, 2.75) is 0 Å². The molecule has 0 aromatic carbocycles. The van der Waals surface area contributed by atoms with Gasteiger partial charge in [-0.1, -0.05) is 6.08 Å². The van der Waals surface area contributed by atoms with Gasteiger partial charge in [-0.3, -0.25) is 0 Å². The monoisotopic (exact) mass is 235 g/mol. The molecule has 2 rings (SSSR count). The molecule has 1 aliphatic rings. The standard InChI is InChI=1S/C11H17N5O/c1-2-3-13-9-8-10(15-11(12)14-9)16-4-6-17-7-5-16/h2,8H,1,3-7H2,(H3,12,13,14,15). The van der Waals surface area contributed by atoms with Gasteiger partial charge in [0.1, 0.15) is 11.6 Å². The lowest BCUT2D eigenvalue weighted by Crippen LogP contribution is -2.37. The number of nitrogens with zero attached hydrogens (tertiary/aromatic N) is 3. The fourth-order valence-electron chi connectivity index (χ4n) is 1.67. The van der Waals surface area contributed by atoms with Crippen LogP contribution in [0.25, 0.3) is 0 Å². The maximum absolute atomic E-state index is 5.69. The summed E-state index contributed by atoms with van der Waals surface area (Å²) in [4.78, 5) is 10.5. The minimum absolute atomic E-state index is 0.278. The van der Waals surface area contributed by atoms with Gasteiger partial charge in [0.2, 0.25) is 5.95 Å². The number of rotatable bonds is 4. The van der Waals surface area contributed by atoms with Gasteiger partial charge in [-0.2, -0.15) is 9.97 Å². The van der Waals surface area contributed by atoms with Gasteiger partial charge in [0, 0.05) is 25.7 Å². The first-order valence-corrected chi connectivity index (χ1v) is 5.61. The predicted molar refractivity (Wildman–Crippen MR) is 68.2 cm³/mol. The highest BCUT2D eigenvalue weighted by Gasteiger charge is 2.13. The van der Waals surface area contributed by atoms with Crippen LogP contribution in [0.1, 0.15) is 0 Å². The van der Waals surface area contributed by atoms with Crippen LogP contribution < -0.4 is 16.0 Å². The predicted octanol–water partition coefficient (Wildman–Crippen LogP) is 0.493. The molecule has 6 heteroatoms. The smallest absolute Gasteiger partial charge is 0.223 e. The summed E-state index contributed by atoms with van der Waals surface area (Å²) >= 11 is 0. The number of morpholine rings is 1. The Balaban J connectivity index is 2.14. The molecule has 0 spiro atoms. The van der Waals surface area contributed by atoms with Crippen LogP contribution in [-0.4, -0.2) is 42.8 Å². The Morgan fingerprint density at radius 2 is 2.24 bits per heavy atom. The first kappa shape index (κ1) is 11.7. The lowest BCUT2D eigenvalue weighted by Gasteiger charge is -2.28. The average molecular weight is 235 g/mol. The van der Waals surface area contributed by atoms with Gasteiger partial charge in [0.15, 0.2) is 0 Å². The fourth-order valence-corrected chi connectivity index (χ4v) is 1.67. The van der Waals surface area contributed by atoms with Crippen molar-refractivity contribution in [1.29, 1.82) is 0 Å². The second-order valence-electron chi connectivity index (χ2n) is 3.74. The molecule has 92 valence electrons. The summed E-state index contributed by atoms with van der Waals surface area (Å²) in [6.07, 6.45) is 1.77. The summed E-state index contributed by atoms with van der Waals surface area (Å²) in [5, 5.41) is 3.11. The van der Waals surface area contributed by atoms with Crippen molar-refractivity contribution >= 4 is 17.6 Å². The van der Waals surface area contributed by atoms with Crippen LogP contribution in [0.4, 0.5) is 17.6 Å². The van der Waals surface area contributed by atoms with Crippen LogP contribution in [0.3, 0.4) is 0 Å². The highest BCUT2D eigenvalue weighted by Crippen LogP contribution is 2.17. The minimum Gasteiger partial charge on any atom is -0.378 e. The van der Waals surface area contributed by atoms with E-state index in [1.54, 1.807) is 6.08 Å². The SMILES string of the molecule is C=CCNc1cc(N2CCOCC2)nc(N)n1. The Morgan fingerprint density at radius 3 is 2.94 bits per heavy atom. The van der Waals surface area contributed by atoms with Crippen molar-refractivity contribution in [3.63, 3.8) is 0 Å². The van der Waals surface area contributed by atoms with Gasteiger partial charge in [0.25, 0.3) is 0 Å². The van der Waals surface area contributed by atoms with Gasteiger partial charge in [-0.15, -0.1) is 6.58 Å². The molecule has 6 nitrogen and oxygen atoms in total. The normalized spacial score (nSPS) is 15.6. The van der Waals surface area contributed by atoms with Gasteiger partial charge < -0.3 is 20.7 Å². The Hall–Kier alpha value is -1.82. The molecule has 0 amide bonds. The molecule has 1 saturated heterocycles. The number of hydrogen-bond acceptors (Lipinski definition) is 6. The Labute approximate surface area is 100 Å². The van der Waals surface area contributed by atoms with Crippen LogP contribution >= 0.6 is 0 Å². The van der Waals surface area contributed by atoms with E-state index in [2.05, 4.69) is 26.8 Å². The molecule has 0 atom stereocenters. The number of nitrogens with two attached hydrogens (primary N) is 1. The van der Waals surface area contributed by atoms with E-state index in [0.717, 1.165) is 37.9 Å². The van der Waals surface area contributed by atoms with E-state index < -0.39 is 0 Å². The molecule has 0 saturated carbocycles. The van der Waals surface area contributed by atoms with E-state index in [-0.39, 0.29) is 5.95 Å². The van der Waals surface area contributed by atoms with Crippen molar-refractivity contribution in [2.75, 3.05) is 48.8 Å². The second-order valence-corrected chi connectivity index (χ2v) is 3.74. The molecule has 1 aliphatic heterocycles. The first-order chi connectivity index (χ1) is 8.29. The van der Waals surface area contributed by atoms with Crippen LogP contribution in [0, 0.1) is 0 Å². The summed E-state index contributed by atoms with van der Waals surface area (Å²) in [5.74, 6) is 1.84. The molecule has 0 aliphatic carbocycles. The molecule has 1 aromatic rings. The van der Waals surface area contributed by atoms with Crippen molar-refractivity contribution in [2.24, 2.45) is 0 Å². The number of nitrogen functional groups attached to an aromatic ring is 1. The van der Waals surface area contributed by atoms with E-state index in [9.17, 15) is 0 Å². The lowest BCUT2D eigenvalue weighted by molar-refractivity contribution is 0.122. The second kappa shape index (κ2) is 5.49. The van der Waals surface area contributed by atoms with E-state index in [0.29, 0.717) is 6.54 Å². The number of anilines is 3. The molecule has 17 heavy (non-hydrogen) atoms. The van der Waals surface area contributed by atoms with Crippen molar-refractivity contribution < 1.29 is 4.74 Å². The molecule has 2 heterocycles. The molecule has 0 radical (unpaired) electrons. The molecule has 1 fully saturated rings. The Bertz CT molecular complexity index is 389. The van der Waals surface area contributed by atoms with Crippen LogP contribution in [0.5, 0.6) is 0 Å². The van der Waals surface area contributed by atoms with E-state index >= 15 is 0 Å². The van der Waals surface area contributed by atoms with E-state index in [1.807, 2.05) is 6.07 Å². The zero-order chi connectivity index (χ0) is 12.1.